The van der Waals surface area contributed by atoms with Crippen LogP contribution in [0.3, 0.4) is 0 Å². The second-order valence-electron chi connectivity index (χ2n) is 3.98. The summed E-state index contributed by atoms with van der Waals surface area (Å²) in [5, 5.41) is 2.84. The van der Waals surface area contributed by atoms with Crippen molar-refractivity contribution in [2.75, 3.05) is 19.0 Å². The Kier molecular flexibility index (Phi) is 4.88. The van der Waals surface area contributed by atoms with E-state index in [0.717, 1.165) is 0 Å². The number of methoxy groups -OCH3 is 1. The summed E-state index contributed by atoms with van der Waals surface area (Å²) in [6.07, 6.45) is 0. The van der Waals surface area contributed by atoms with E-state index in [9.17, 15) is 4.79 Å². The Labute approximate surface area is 127 Å². The van der Waals surface area contributed by atoms with Crippen LogP contribution in [0.5, 0.6) is 5.75 Å². The third kappa shape index (κ3) is 3.78. The average Bonchev–Trinajstić information content (AvgIpc) is 2.92. The number of hydrogen-bond donors (Lipinski definition) is 2. The molecular formula is C15H13ClN2O3. The topological polar surface area (TPSA) is 77.5 Å². The van der Waals surface area contributed by atoms with E-state index in [4.69, 9.17) is 26.5 Å². The molecule has 2 rings (SSSR count). The van der Waals surface area contributed by atoms with Gasteiger partial charge in [-0.15, -0.1) is 0 Å². The van der Waals surface area contributed by atoms with Crippen LogP contribution in [-0.2, 0) is 0 Å². The van der Waals surface area contributed by atoms with Crippen LogP contribution in [0.2, 0.25) is 5.22 Å². The van der Waals surface area contributed by atoms with Gasteiger partial charge in [0, 0.05) is 5.56 Å². The molecule has 0 aliphatic rings. The van der Waals surface area contributed by atoms with Crippen molar-refractivity contribution in [2.45, 2.75) is 0 Å². The predicted molar refractivity (Wildman–Crippen MR) is 80.6 cm³/mol. The minimum absolute atomic E-state index is 0.112. The van der Waals surface area contributed by atoms with Gasteiger partial charge >= 0.3 is 0 Å². The Morgan fingerprint density at radius 3 is 2.86 bits per heavy atom. The highest BCUT2D eigenvalue weighted by Gasteiger charge is 2.13. The Morgan fingerprint density at radius 2 is 2.24 bits per heavy atom. The van der Waals surface area contributed by atoms with Gasteiger partial charge in [-0.3, -0.25) is 4.79 Å². The van der Waals surface area contributed by atoms with Crippen molar-refractivity contribution in [3.8, 4) is 17.6 Å². The zero-order valence-electron chi connectivity index (χ0n) is 11.3. The fraction of sp³-hybridized carbons (Fsp3) is 0.133. The van der Waals surface area contributed by atoms with Crippen LogP contribution >= 0.6 is 11.6 Å². The maximum absolute atomic E-state index is 12.0. The molecule has 5 nitrogen and oxygen atoms in total. The normalized spacial score (nSPS) is 9.67. The molecule has 1 aromatic heterocycles. The van der Waals surface area contributed by atoms with Crippen LogP contribution < -0.4 is 15.8 Å². The molecule has 0 saturated carbocycles. The smallest absolute Gasteiger partial charge is 0.291 e. The quantitative estimate of drug-likeness (QED) is 0.854. The van der Waals surface area contributed by atoms with E-state index in [1.54, 1.807) is 18.2 Å². The maximum atomic E-state index is 12.0. The number of benzene rings is 1. The van der Waals surface area contributed by atoms with Crippen LogP contribution in [-0.4, -0.2) is 19.6 Å². The summed E-state index contributed by atoms with van der Waals surface area (Å²) in [5.74, 6) is 5.83. The molecular weight excluding hydrogens is 292 g/mol. The molecule has 0 fully saturated rings. The van der Waals surface area contributed by atoms with E-state index in [1.807, 2.05) is 0 Å². The van der Waals surface area contributed by atoms with E-state index < -0.39 is 5.91 Å². The van der Waals surface area contributed by atoms with Gasteiger partial charge < -0.3 is 20.2 Å². The average molecular weight is 305 g/mol. The zero-order valence-corrected chi connectivity index (χ0v) is 12.0. The van der Waals surface area contributed by atoms with Crippen LogP contribution in [0.1, 0.15) is 16.1 Å². The lowest BCUT2D eigenvalue weighted by Gasteiger charge is -2.09. The van der Waals surface area contributed by atoms with Crippen LogP contribution in [0.4, 0.5) is 5.69 Å². The number of nitrogens with two attached hydrogens (primary N) is 1. The molecule has 1 aromatic carbocycles. The number of nitrogens with one attached hydrogen (secondary N) is 1. The molecule has 0 aliphatic carbocycles. The van der Waals surface area contributed by atoms with Gasteiger partial charge in [-0.05, 0) is 41.9 Å². The molecule has 3 N–H and O–H groups in total. The lowest BCUT2D eigenvalue weighted by atomic mass is 10.2. The van der Waals surface area contributed by atoms with Gasteiger partial charge in [0.1, 0.15) is 5.75 Å². The highest BCUT2D eigenvalue weighted by atomic mass is 35.5. The number of rotatable bonds is 3. The fourth-order valence-electron chi connectivity index (χ4n) is 1.66. The van der Waals surface area contributed by atoms with E-state index >= 15 is 0 Å². The Bertz CT molecular complexity index is 713. The summed E-state index contributed by atoms with van der Waals surface area (Å²) < 4.78 is 10.3. The molecule has 0 saturated heterocycles. The summed E-state index contributed by atoms with van der Waals surface area (Å²) in [5.41, 5.74) is 6.54. The molecule has 0 aliphatic heterocycles. The molecule has 0 spiro atoms. The van der Waals surface area contributed by atoms with E-state index in [1.165, 1.54) is 19.2 Å². The number of halogens is 1. The summed E-state index contributed by atoms with van der Waals surface area (Å²) in [4.78, 5) is 12.0. The first-order valence-electron chi connectivity index (χ1n) is 6.07. The van der Waals surface area contributed by atoms with Gasteiger partial charge in [-0.2, -0.15) is 0 Å². The third-order valence-electron chi connectivity index (χ3n) is 2.58. The van der Waals surface area contributed by atoms with Crippen LogP contribution in [0.25, 0.3) is 0 Å². The minimum Gasteiger partial charge on any atom is -0.495 e. The number of ether oxygens (including phenoxy) is 1. The predicted octanol–water partition coefficient (Wildman–Crippen LogP) is 2.50. The van der Waals surface area contributed by atoms with Crippen molar-refractivity contribution in [1.29, 1.82) is 0 Å². The van der Waals surface area contributed by atoms with Gasteiger partial charge in [-0.1, -0.05) is 11.8 Å². The van der Waals surface area contributed by atoms with Crippen molar-refractivity contribution < 1.29 is 13.9 Å². The molecule has 6 heteroatoms. The maximum Gasteiger partial charge on any atom is 0.291 e. The van der Waals surface area contributed by atoms with Gasteiger partial charge in [0.05, 0.1) is 19.3 Å². The van der Waals surface area contributed by atoms with Gasteiger partial charge in [0.25, 0.3) is 5.91 Å². The Morgan fingerprint density at radius 1 is 1.43 bits per heavy atom. The number of furan rings is 1. The van der Waals surface area contributed by atoms with Crippen molar-refractivity contribution >= 4 is 23.2 Å². The highest BCUT2D eigenvalue weighted by Crippen LogP contribution is 2.26. The fourth-order valence-corrected chi connectivity index (χ4v) is 1.80. The molecule has 0 atom stereocenters. The first-order chi connectivity index (χ1) is 10.1. The number of carbonyl (C=O) groups is 1. The second-order valence-corrected chi connectivity index (χ2v) is 4.35. The molecule has 108 valence electrons. The molecule has 0 unspecified atom stereocenters. The summed E-state index contributed by atoms with van der Waals surface area (Å²) >= 11 is 5.65. The van der Waals surface area contributed by atoms with Gasteiger partial charge in [0.15, 0.2) is 11.0 Å². The third-order valence-corrected chi connectivity index (χ3v) is 2.78. The van der Waals surface area contributed by atoms with E-state index in [2.05, 4.69) is 17.2 Å². The number of amides is 1. The summed E-state index contributed by atoms with van der Waals surface area (Å²) in [6, 6.07) is 8.18. The van der Waals surface area contributed by atoms with E-state index in [-0.39, 0.29) is 17.5 Å². The largest absolute Gasteiger partial charge is 0.495 e. The minimum atomic E-state index is -0.427. The zero-order chi connectivity index (χ0) is 15.2. The molecule has 21 heavy (non-hydrogen) atoms. The van der Waals surface area contributed by atoms with Crippen LogP contribution in [0, 0.1) is 11.8 Å². The summed E-state index contributed by atoms with van der Waals surface area (Å²) in [7, 11) is 1.51. The highest BCUT2D eigenvalue weighted by molar-refractivity contribution is 6.29. The van der Waals surface area contributed by atoms with Crippen LogP contribution in [0.15, 0.2) is 34.7 Å². The molecule has 0 bridgehead atoms. The molecule has 1 heterocycles. The SMILES string of the molecule is COc1ccc(C#CCN)cc1NC(=O)c1ccc(Cl)o1. The lowest BCUT2D eigenvalue weighted by Crippen LogP contribution is -2.11. The summed E-state index contributed by atoms with van der Waals surface area (Å²) in [6.45, 7) is 0.263. The Balaban J connectivity index is 2.26. The standard InChI is InChI=1S/C15H13ClN2O3/c1-20-12-5-4-10(3-2-8-17)9-11(12)18-15(19)13-6-7-14(16)21-13/h4-7,9H,8,17H2,1H3,(H,18,19). The van der Waals surface area contributed by atoms with Crippen molar-refractivity contribution in [3.63, 3.8) is 0 Å². The van der Waals surface area contributed by atoms with Gasteiger partial charge in [-0.25, -0.2) is 0 Å². The second kappa shape index (κ2) is 6.84. The number of anilines is 1. The molecule has 0 radical (unpaired) electrons. The number of carbonyl (C=O) groups excluding carboxylic acids is 1. The Hall–Kier alpha value is -2.42. The molecule has 1 amide bonds. The first-order valence-corrected chi connectivity index (χ1v) is 6.45. The first kappa shape index (κ1) is 15.0. The molecule has 2 aromatic rings. The van der Waals surface area contributed by atoms with Crippen molar-refractivity contribution in [2.24, 2.45) is 5.73 Å². The van der Waals surface area contributed by atoms with E-state index in [0.29, 0.717) is 17.0 Å². The van der Waals surface area contributed by atoms with Crippen molar-refractivity contribution in [1.82, 2.24) is 0 Å². The number of hydrogen-bond acceptors (Lipinski definition) is 4. The monoisotopic (exact) mass is 304 g/mol. The van der Waals surface area contributed by atoms with Crippen molar-refractivity contribution in [3.05, 3.63) is 46.9 Å². The van der Waals surface area contributed by atoms with Gasteiger partial charge in [0.2, 0.25) is 0 Å². The lowest BCUT2D eigenvalue weighted by molar-refractivity contribution is 0.0996.